The number of hydrogen-bond acceptors (Lipinski definition) is 4. The molecule has 1 amide bonds. The molecule has 4 atom stereocenters. The first-order chi connectivity index (χ1) is 10.6. The number of anilines is 1. The van der Waals surface area contributed by atoms with Crippen molar-refractivity contribution >= 4 is 22.2 Å². The monoisotopic (exact) mass is 317 g/mol. The molecule has 0 radical (unpaired) electrons. The van der Waals surface area contributed by atoms with Crippen molar-refractivity contribution in [3.63, 3.8) is 0 Å². The molecule has 0 aromatic carbocycles. The van der Waals surface area contributed by atoms with Crippen LogP contribution in [0.15, 0.2) is 11.4 Å². The SMILES string of the molecule is CC1CCCC(NC2CCN(c3sccc3C#N)C2=O)C1C. The molecule has 2 fully saturated rings. The molecule has 118 valence electrons. The highest BCUT2D eigenvalue weighted by atomic mass is 32.1. The van der Waals surface area contributed by atoms with Crippen molar-refractivity contribution in [2.24, 2.45) is 11.8 Å². The van der Waals surface area contributed by atoms with E-state index in [4.69, 9.17) is 5.26 Å². The second kappa shape index (κ2) is 6.39. The first-order valence-electron chi connectivity index (χ1n) is 8.17. The lowest BCUT2D eigenvalue weighted by Crippen LogP contribution is -2.48. The number of hydrogen-bond donors (Lipinski definition) is 1. The van der Waals surface area contributed by atoms with Gasteiger partial charge in [-0.05, 0) is 36.1 Å². The van der Waals surface area contributed by atoms with Gasteiger partial charge in [0.1, 0.15) is 11.1 Å². The third-order valence-corrected chi connectivity index (χ3v) is 6.27. The van der Waals surface area contributed by atoms with E-state index < -0.39 is 0 Å². The first kappa shape index (κ1) is 15.5. The molecular formula is C17H23N3OS. The van der Waals surface area contributed by atoms with Gasteiger partial charge in [-0.2, -0.15) is 5.26 Å². The van der Waals surface area contributed by atoms with Crippen molar-refractivity contribution < 1.29 is 4.79 Å². The van der Waals surface area contributed by atoms with Crippen LogP contribution < -0.4 is 10.2 Å². The van der Waals surface area contributed by atoms with Gasteiger partial charge in [-0.1, -0.05) is 26.7 Å². The Balaban J connectivity index is 1.68. The average Bonchev–Trinajstić information content (AvgIpc) is 3.11. The number of nitrogens with zero attached hydrogens (tertiary/aromatic N) is 2. The van der Waals surface area contributed by atoms with E-state index in [1.54, 1.807) is 11.0 Å². The molecule has 1 aromatic rings. The van der Waals surface area contributed by atoms with Gasteiger partial charge in [0.05, 0.1) is 11.6 Å². The zero-order valence-corrected chi connectivity index (χ0v) is 14.0. The highest BCUT2D eigenvalue weighted by Crippen LogP contribution is 2.33. The van der Waals surface area contributed by atoms with E-state index in [-0.39, 0.29) is 11.9 Å². The molecule has 1 saturated heterocycles. The lowest BCUT2D eigenvalue weighted by atomic mass is 9.78. The Morgan fingerprint density at radius 2 is 2.18 bits per heavy atom. The van der Waals surface area contributed by atoms with Crippen molar-refractivity contribution in [1.29, 1.82) is 5.26 Å². The highest BCUT2D eigenvalue weighted by molar-refractivity contribution is 7.14. The zero-order chi connectivity index (χ0) is 15.7. The molecule has 22 heavy (non-hydrogen) atoms. The Labute approximate surface area is 136 Å². The molecule has 5 heteroatoms. The van der Waals surface area contributed by atoms with Crippen LogP contribution in [0, 0.1) is 23.2 Å². The quantitative estimate of drug-likeness (QED) is 0.932. The van der Waals surface area contributed by atoms with Gasteiger partial charge < -0.3 is 10.2 Å². The van der Waals surface area contributed by atoms with Gasteiger partial charge in [-0.25, -0.2) is 0 Å². The van der Waals surface area contributed by atoms with Crippen LogP contribution in [-0.2, 0) is 4.79 Å². The Hall–Kier alpha value is -1.38. The van der Waals surface area contributed by atoms with Crippen LogP contribution in [0.4, 0.5) is 5.00 Å². The summed E-state index contributed by atoms with van der Waals surface area (Å²) in [6.45, 7) is 5.32. The van der Waals surface area contributed by atoms with E-state index in [1.165, 1.54) is 24.2 Å². The molecule has 1 aromatic heterocycles. The minimum Gasteiger partial charge on any atom is -0.303 e. The molecule has 1 saturated carbocycles. The topological polar surface area (TPSA) is 56.1 Å². The zero-order valence-electron chi connectivity index (χ0n) is 13.2. The molecule has 1 N–H and O–H groups in total. The molecule has 0 bridgehead atoms. The summed E-state index contributed by atoms with van der Waals surface area (Å²) in [7, 11) is 0. The second-order valence-electron chi connectivity index (χ2n) is 6.62. The van der Waals surface area contributed by atoms with Crippen LogP contribution in [0.2, 0.25) is 0 Å². The second-order valence-corrected chi connectivity index (χ2v) is 7.52. The van der Waals surface area contributed by atoms with Gasteiger partial charge in [-0.15, -0.1) is 11.3 Å². The van der Waals surface area contributed by atoms with E-state index in [0.29, 0.717) is 24.1 Å². The standard InChI is InChI=1S/C17H23N3OS/c1-11-4-3-5-14(12(11)2)19-15-6-8-20(16(15)21)17-13(10-18)7-9-22-17/h7,9,11-12,14-15,19H,3-6,8H2,1-2H3. The molecule has 2 heterocycles. The Bertz CT molecular complexity index is 591. The summed E-state index contributed by atoms with van der Waals surface area (Å²) < 4.78 is 0. The third kappa shape index (κ3) is 2.78. The highest BCUT2D eigenvalue weighted by Gasteiger charge is 2.37. The molecular weight excluding hydrogens is 294 g/mol. The van der Waals surface area contributed by atoms with E-state index in [9.17, 15) is 4.79 Å². The normalized spacial score (nSPS) is 32.2. The van der Waals surface area contributed by atoms with E-state index >= 15 is 0 Å². The lowest BCUT2D eigenvalue weighted by molar-refractivity contribution is -0.119. The van der Waals surface area contributed by atoms with Crippen molar-refractivity contribution in [2.45, 2.75) is 51.6 Å². The number of amides is 1. The fraction of sp³-hybridized carbons (Fsp3) is 0.647. The number of nitrogens with one attached hydrogen (secondary N) is 1. The number of thiophene rings is 1. The number of carbonyl (C=O) groups is 1. The van der Waals surface area contributed by atoms with E-state index in [2.05, 4.69) is 25.2 Å². The smallest absolute Gasteiger partial charge is 0.244 e. The predicted octanol–water partition coefficient (Wildman–Crippen LogP) is 3.14. The maximum absolute atomic E-state index is 12.7. The van der Waals surface area contributed by atoms with Gasteiger partial charge >= 0.3 is 0 Å². The number of nitriles is 1. The van der Waals surface area contributed by atoms with Crippen LogP contribution in [0.3, 0.4) is 0 Å². The molecule has 1 aliphatic carbocycles. The number of carbonyl (C=O) groups excluding carboxylic acids is 1. The van der Waals surface area contributed by atoms with Crippen LogP contribution >= 0.6 is 11.3 Å². The van der Waals surface area contributed by atoms with Gasteiger partial charge in [0, 0.05) is 12.6 Å². The van der Waals surface area contributed by atoms with Gasteiger partial charge in [0.2, 0.25) is 5.91 Å². The van der Waals surface area contributed by atoms with Crippen LogP contribution in [-0.4, -0.2) is 24.5 Å². The third-order valence-electron chi connectivity index (χ3n) is 5.34. The first-order valence-corrected chi connectivity index (χ1v) is 9.04. The summed E-state index contributed by atoms with van der Waals surface area (Å²) in [5.41, 5.74) is 0.610. The summed E-state index contributed by atoms with van der Waals surface area (Å²) in [4.78, 5) is 14.5. The molecule has 0 spiro atoms. The Morgan fingerprint density at radius 1 is 1.36 bits per heavy atom. The summed E-state index contributed by atoms with van der Waals surface area (Å²) >= 11 is 1.48. The maximum Gasteiger partial charge on any atom is 0.244 e. The van der Waals surface area contributed by atoms with Crippen LogP contribution in [0.5, 0.6) is 0 Å². The molecule has 3 rings (SSSR count). The number of rotatable bonds is 3. The summed E-state index contributed by atoms with van der Waals surface area (Å²) in [6.07, 6.45) is 4.54. The van der Waals surface area contributed by atoms with Crippen LogP contribution in [0.1, 0.15) is 45.1 Å². The van der Waals surface area contributed by atoms with Crippen molar-refractivity contribution in [3.05, 3.63) is 17.0 Å². The van der Waals surface area contributed by atoms with Crippen LogP contribution in [0.25, 0.3) is 0 Å². The maximum atomic E-state index is 12.7. The largest absolute Gasteiger partial charge is 0.303 e. The molecule has 4 unspecified atom stereocenters. The van der Waals surface area contributed by atoms with Crippen molar-refractivity contribution in [1.82, 2.24) is 5.32 Å². The fourth-order valence-electron chi connectivity index (χ4n) is 3.71. The van der Waals surface area contributed by atoms with E-state index in [0.717, 1.165) is 23.8 Å². The van der Waals surface area contributed by atoms with Gasteiger partial charge in [-0.3, -0.25) is 4.79 Å². The van der Waals surface area contributed by atoms with Gasteiger partial charge in [0.15, 0.2) is 0 Å². The minimum absolute atomic E-state index is 0.0913. The Morgan fingerprint density at radius 3 is 2.95 bits per heavy atom. The lowest BCUT2D eigenvalue weighted by Gasteiger charge is -2.36. The van der Waals surface area contributed by atoms with Crippen molar-refractivity contribution in [2.75, 3.05) is 11.4 Å². The van der Waals surface area contributed by atoms with Crippen molar-refractivity contribution in [3.8, 4) is 6.07 Å². The summed E-state index contributed by atoms with van der Waals surface area (Å²) in [5, 5.41) is 15.4. The fourth-order valence-corrected chi connectivity index (χ4v) is 4.59. The van der Waals surface area contributed by atoms with E-state index in [1.807, 2.05) is 5.38 Å². The average molecular weight is 317 g/mol. The molecule has 4 nitrogen and oxygen atoms in total. The minimum atomic E-state index is -0.0913. The molecule has 1 aliphatic heterocycles. The Kier molecular flexibility index (Phi) is 4.51. The van der Waals surface area contributed by atoms with Gasteiger partial charge in [0.25, 0.3) is 0 Å². The summed E-state index contributed by atoms with van der Waals surface area (Å²) in [6, 6.07) is 4.32. The molecule has 2 aliphatic rings. The predicted molar refractivity (Wildman–Crippen MR) is 88.9 cm³/mol. The summed E-state index contributed by atoms with van der Waals surface area (Å²) in [5.74, 6) is 1.47.